The molecule has 2 amide bonds. The molecule has 0 aliphatic carbocycles. The molecule has 0 bridgehead atoms. The SMILES string of the molecule is O=C(NC(Cc1ccccc1)C(=O)Nc1cccnc1)c1ccc(Cl)cc1Cl. The molecule has 1 unspecified atom stereocenters. The fraction of sp³-hybridized carbons (Fsp3) is 0.0952. The van der Waals surface area contributed by atoms with Crippen molar-refractivity contribution in [3.05, 3.63) is 94.2 Å². The highest BCUT2D eigenvalue weighted by Crippen LogP contribution is 2.21. The van der Waals surface area contributed by atoms with Gasteiger partial charge in [-0.2, -0.15) is 0 Å². The van der Waals surface area contributed by atoms with Crippen molar-refractivity contribution in [1.29, 1.82) is 0 Å². The molecular formula is C21H17Cl2N3O2. The number of carbonyl (C=O) groups excluding carboxylic acids is 2. The Morgan fingerprint density at radius 3 is 2.46 bits per heavy atom. The molecule has 0 spiro atoms. The van der Waals surface area contributed by atoms with Gasteiger partial charge in [0.05, 0.1) is 22.5 Å². The van der Waals surface area contributed by atoms with E-state index in [1.165, 1.54) is 18.3 Å². The molecule has 1 atom stereocenters. The fourth-order valence-corrected chi connectivity index (χ4v) is 3.13. The van der Waals surface area contributed by atoms with Gasteiger partial charge in [-0.1, -0.05) is 53.5 Å². The molecule has 0 aliphatic heterocycles. The zero-order chi connectivity index (χ0) is 19.9. The Bertz CT molecular complexity index is 966. The number of carbonyl (C=O) groups is 2. The van der Waals surface area contributed by atoms with E-state index in [9.17, 15) is 9.59 Å². The first-order valence-corrected chi connectivity index (χ1v) is 9.29. The first-order valence-electron chi connectivity index (χ1n) is 8.53. The third-order valence-electron chi connectivity index (χ3n) is 4.01. The number of aromatic nitrogens is 1. The Morgan fingerprint density at radius 1 is 1.00 bits per heavy atom. The molecule has 0 aliphatic rings. The maximum absolute atomic E-state index is 12.8. The molecule has 0 radical (unpaired) electrons. The second-order valence-electron chi connectivity index (χ2n) is 6.07. The summed E-state index contributed by atoms with van der Waals surface area (Å²) in [6, 6.07) is 16.7. The third-order valence-corrected chi connectivity index (χ3v) is 4.56. The number of anilines is 1. The standard InChI is InChI=1S/C21H17Cl2N3O2/c22-15-8-9-17(18(23)12-15)20(27)26-19(11-14-5-2-1-3-6-14)21(28)25-16-7-4-10-24-13-16/h1-10,12-13,19H,11H2,(H,25,28)(H,26,27). The quantitative estimate of drug-likeness (QED) is 0.630. The van der Waals surface area contributed by atoms with Crippen LogP contribution in [0.5, 0.6) is 0 Å². The maximum atomic E-state index is 12.8. The van der Waals surface area contributed by atoms with Gasteiger partial charge in [0.1, 0.15) is 6.04 Å². The van der Waals surface area contributed by atoms with Crippen LogP contribution in [0.4, 0.5) is 5.69 Å². The summed E-state index contributed by atoms with van der Waals surface area (Å²) >= 11 is 12.0. The van der Waals surface area contributed by atoms with Gasteiger partial charge in [-0.05, 0) is 35.9 Å². The largest absolute Gasteiger partial charge is 0.340 e. The molecule has 1 aromatic heterocycles. The van der Waals surface area contributed by atoms with Gasteiger partial charge in [0.25, 0.3) is 5.91 Å². The van der Waals surface area contributed by atoms with Crippen LogP contribution in [-0.2, 0) is 11.2 Å². The fourth-order valence-electron chi connectivity index (χ4n) is 2.63. The Hall–Kier alpha value is -2.89. The lowest BCUT2D eigenvalue weighted by Gasteiger charge is -2.19. The lowest BCUT2D eigenvalue weighted by atomic mass is 10.0. The van der Waals surface area contributed by atoms with Crippen molar-refractivity contribution < 1.29 is 9.59 Å². The van der Waals surface area contributed by atoms with Crippen molar-refractivity contribution >= 4 is 40.7 Å². The number of pyridine rings is 1. The van der Waals surface area contributed by atoms with Crippen molar-refractivity contribution in [3.63, 3.8) is 0 Å². The Balaban J connectivity index is 1.80. The minimum absolute atomic E-state index is 0.219. The molecular weight excluding hydrogens is 397 g/mol. The monoisotopic (exact) mass is 413 g/mol. The molecule has 7 heteroatoms. The smallest absolute Gasteiger partial charge is 0.253 e. The summed E-state index contributed by atoms with van der Waals surface area (Å²) < 4.78 is 0. The lowest BCUT2D eigenvalue weighted by Crippen LogP contribution is -2.45. The first kappa shape index (κ1) is 19.9. The van der Waals surface area contributed by atoms with Gasteiger partial charge in [0.2, 0.25) is 5.91 Å². The van der Waals surface area contributed by atoms with Crippen LogP contribution >= 0.6 is 23.2 Å². The zero-order valence-electron chi connectivity index (χ0n) is 14.7. The number of halogens is 2. The highest BCUT2D eigenvalue weighted by atomic mass is 35.5. The van der Waals surface area contributed by atoms with Gasteiger partial charge in [0, 0.05) is 17.6 Å². The van der Waals surface area contributed by atoms with E-state index in [1.54, 1.807) is 24.4 Å². The van der Waals surface area contributed by atoms with Crippen LogP contribution in [-0.4, -0.2) is 22.8 Å². The molecule has 2 aromatic carbocycles. The molecule has 1 heterocycles. The molecule has 0 fully saturated rings. The predicted molar refractivity (Wildman–Crippen MR) is 111 cm³/mol. The number of amides is 2. The van der Waals surface area contributed by atoms with Gasteiger partial charge in [-0.15, -0.1) is 0 Å². The van der Waals surface area contributed by atoms with E-state index in [-0.39, 0.29) is 16.5 Å². The minimum atomic E-state index is -0.804. The van der Waals surface area contributed by atoms with E-state index in [0.29, 0.717) is 17.1 Å². The van der Waals surface area contributed by atoms with Crippen molar-refractivity contribution in [3.8, 4) is 0 Å². The van der Waals surface area contributed by atoms with E-state index in [4.69, 9.17) is 23.2 Å². The molecule has 3 rings (SSSR count). The van der Waals surface area contributed by atoms with Crippen molar-refractivity contribution in [2.75, 3.05) is 5.32 Å². The topological polar surface area (TPSA) is 71.1 Å². The van der Waals surface area contributed by atoms with Crippen LogP contribution in [0.15, 0.2) is 73.1 Å². The van der Waals surface area contributed by atoms with Gasteiger partial charge in [-0.3, -0.25) is 14.6 Å². The Kier molecular flexibility index (Phi) is 6.63. The number of benzene rings is 2. The third kappa shape index (κ3) is 5.31. The second-order valence-corrected chi connectivity index (χ2v) is 6.91. The van der Waals surface area contributed by atoms with Gasteiger partial charge in [-0.25, -0.2) is 0 Å². The van der Waals surface area contributed by atoms with E-state index in [0.717, 1.165) is 5.56 Å². The van der Waals surface area contributed by atoms with E-state index in [2.05, 4.69) is 15.6 Å². The molecule has 0 saturated heterocycles. The van der Waals surface area contributed by atoms with Gasteiger partial charge < -0.3 is 10.6 Å². The normalized spacial score (nSPS) is 11.5. The summed E-state index contributed by atoms with van der Waals surface area (Å²) in [5.41, 5.74) is 1.71. The van der Waals surface area contributed by atoms with Crippen LogP contribution < -0.4 is 10.6 Å². The number of hydrogen-bond acceptors (Lipinski definition) is 3. The summed E-state index contributed by atoms with van der Waals surface area (Å²) in [7, 11) is 0. The highest BCUT2D eigenvalue weighted by molar-refractivity contribution is 6.36. The van der Waals surface area contributed by atoms with Crippen LogP contribution in [0, 0.1) is 0 Å². The average molecular weight is 414 g/mol. The molecule has 142 valence electrons. The minimum Gasteiger partial charge on any atom is -0.340 e. The molecule has 2 N–H and O–H groups in total. The van der Waals surface area contributed by atoms with Crippen LogP contribution in [0.2, 0.25) is 10.0 Å². The van der Waals surface area contributed by atoms with Crippen molar-refractivity contribution in [2.45, 2.75) is 12.5 Å². The van der Waals surface area contributed by atoms with E-state index >= 15 is 0 Å². The summed E-state index contributed by atoms with van der Waals surface area (Å²) in [6.45, 7) is 0. The second kappa shape index (κ2) is 9.35. The molecule has 3 aromatic rings. The summed E-state index contributed by atoms with van der Waals surface area (Å²) in [4.78, 5) is 29.5. The van der Waals surface area contributed by atoms with E-state index < -0.39 is 11.9 Å². The first-order chi connectivity index (χ1) is 13.5. The van der Waals surface area contributed by atoms with Crippen LogP contribution in [0.3, 0.4) is 0 Å². The molecule has 5 nitrogen and oxygen atoms in total. The van der Waals surface area contributed by atoms with E-state index in [1.807, 2.05) is 30.3 Å². The summed E-state index contributed by atoms with van der Waals surface area (Å²) in [5.74, 6) is -0.806. The molecule has 0 saturated carbocycles. The Morgan fingerprint density at radius 2 is 1.79 bits per heavy atom. The predicted octanol–water partition coefficient (Wildman–Crippen LogP) is 4.37. The number of nitrogens with one attached hydrogen (secondary N) is 2. The number of hydrogen-bond donors (Lipinski definition) is 2. The molecule has 28 heavy (non-hydrogen) atoms. The summed E-state index contributed by atoms with van der Waals surface area (Å²) in [6.07, 6.45) is 3.47. The number of nitrogens with zero attached hydrogens (tertiary/aromatic N) is 1. The van der Waals surface area contributed by atoms with Crippen LogP contribution in [0.25, 0.3) is 0 Å². The van der Waals surface area contributed by atoms with Gasteiger partial charge in [0.15, 0.2) is 0 Å². The highest BCUT2D eigenvalue weighted by Gasteiger charge is 2.23. The average Bonchev–Trinajstić information content (AvgIpc) is 2.69. The van der Waals surface area contributed by atoms with Crippen molar-refractivity contribution in [2.24, 2.45) is 0 Å². The maximum Gasteiger partial charge on any atom is 0.253 e. The van der Waals surface area contributed by atoms with Gasteiger partial charge >= 0.3 is 0 Å². The lowest BCUT2D eigenvalue weighted by molar-refractivity contribution is -0.118. The number of rotatable bonds is 6. The van der Waals surface area contributed by atoms with Crippen LogP contribution in [0.1, 0.15) is 15.9 Å². The Labute approximate surface area is 172 Å². The zero-order valence-corrected chi connectivity index (χ0v) is 16.2. The summed E-state index contributed by atoms with van der Waals surface area (Å²) in [5, 5.41) is 6.18. The van der Waals surface area contributed by atoms with Crippen molar-refractivity contribution in [1.82, 2.24) is 10.3 Å².